The number of piperidine rings is 2. The van der Waals surface area contributed by atoms with Gasteiger partial charge in [0.25, 0.3) is 0 Å². The van der Waals surface area contributed by atoms with Crippen LogP contribution in [0, 0.1) is 24.6 Å². The van der Waals surface area contributed by atoms with Gasteiger partial charge in [-0.1, -0.05) is 6.07 Å². The molecule has 44 heavy (non-hydrogen) atoms. The molecule has 0 saturated carbocycles. The maximum atomic E-state index is 14.0. The molecule has 3 amide bonds. The predicted molar refractivity (Wildman–Crippen MR) is 146 cm³/mol. The summed E-state index contributed by atoms with van der Waals surface area (Å²) in [5.41, 5.74) is -2.09. The highest BCUT2D eigenvalue weighted by Crippen LogP contribution is 2.39. The fraction of sp³-hybridized carbons (Fsp3) is 0.516. The monoisotopic (exact) mass is 629 g/mol. The largest absolute Gasteiger partial charge is 0.416 e. The Labute approximate surface area is 250 Å². The first kappa shape index (κ1) is 33.3. The van der Waals surface area contributed by atoms with Crippen molar-refractivity contribution >= 4 is 17.7 Å². The Morgan fingerprint density at radius 2 is 1.43 bits per heavy atom. The Balaban J connectivity index is 1.58. The number of rotatable bonds is 5. The number of hydrogen-bond acceptors (Lipinski definition) is 3. The molecule has 0 N–H and O–H groups in total. The first-order valence-corrected chi connectivity index (χ1v) is 14.3. The van der Waals surface area contributed by atoms with E-state index in [9.17, 15) is 45.1 Å². The van der Waals surface area contributed by atoms with Crippen molar-refractivity contribution in [3.63, 3.8) is 0 Å². The van der Waals surface area contributed by atoms with Crippen molar-refractivity contribution in [2.75, 3.05) is 33.2 Å². The number of aryl methyl sites for hydroxylation is 1. The molecule has 4 rings (SSSR count). The highest BCUT2D eigenvalue weighted by atomic mass is 19.4. The molecule has 2 saturated heterocycles. The topological polar surface area (TPSA) is 60.9 Å². The van der Waals surface area contributed by atoms with Gasteiger partial charge in [-0.05, 0) is 73.2 Å². The zero-order chi connectivity index (χ0) is 32.6. The average molecular weight is 630 g/mol. The van der Waals surface area contributed by atoms with Gasteiger partial charge in [0.1, 0.15) is 5.82 Å². The van der Waals surface area contributed by atoms with Crippen LogP contribution < -0.4 is 0 Å². The van der Waals surface area contributed by atoms with Crippen molar-refractivity contribution in [1.29, 1.82) is 0 Å². The molecule has 0 unspecified atom stereocenters. The third-order valence-electron chi connectivity index (χ3n) is 8.61. The number of benzene rings is 2. The summed E-state index contributed by atoms with van der Waals surface area (Å²) in [5, 5.41) is 0. The second kappa shape index (κ2) is 12.8. The summed E-state index contributed by atoms with van der Waals surface area (Å²) in [6, 6.07) is 5.32. The van der Waals surface area contributed by atoms with Crippen molar-refractivity contribution in [2.45, 2.75) is 57.9 Å². The standard InChI is InChI=1S/C31H34F7N3O3/c1-18-12-24(32)4-5-25(18)27-17-41(28(43)21-6-9-40(10-7-21)19(2)42)11-8-26(27)29(44)39(3)16-20-13-22(30(33,34)35)15-23(14-20)31(36,37)38/h4-5,12-15,21,26-27H,6-11,16-17H2,1-3H3/t26-,27+/m0/s1. The fourth-order valence-electron chi connectivity index (χ4n) is 6.26. The van der Waals surface area contributed by atoms with Gasteiger partial charge in [0.2, 0.25) is 17.7 Å². The number of carbonyl (C=O) groups is 3. The van der Waals surface area contributed by atoms with Crippen molar-refractivity contribution in [1.82, 2.24) is 14.7 Å². The van der Waals surface area contributed by atoms with E-state index in [1.165, 1.54) is 32.2 Å². The predicted octanol–water partition coefficient (Wildman–Crippen LogP) is 6.02. The van der Waals surface area contributed by atoms with Crippen LogP contribution in [0.15, 0.2) is 36.4 Å². The highest BCUT2D eigenvalue weighted by Gasteiger charge is 2.41. The minimum absolute atomic E-state index is 0.0371. The van der Waals surface area contributed by atoms with Crippen LogP contribution in [0.5, 0.6) is 0 Å². The maximum absolute atomic E-state index is 14.0. The first-order chi connectivity index (χ1) is 20.5. The fourth-order valence-corrected chi connectivity index (χ4v) is 6.26. The van der Waals surface area contributed by atoms with Gasteiger partial charge >= 0.3 is 12.4 Å². The molecule has 2 aliphatic rings. The van der Waals surface area contributed by atoms with Crippen LogP contribution in [0.25, 0.3) is 0 Å². The van der Waals surface area contributed by atoms with Gasteiger partial charge in [0.05, 0.1) is 11.1 Å². The molecular formula is C31H34F7N3O3. The third-order valence-corrected chi connectivity index (χ3v) is 8.61. The molecule has 2 aromatic carbocycles. The molecule has 0 aliphatic carbocycles. The molecule has 2 aliphatic heterocycles. The molecule has 2 atom stereocenters. The van der Waals surface area contributed by atoms with Crippen LogP contribution in [-0.4, -0.2) is 65.6 Å². The van der Waals surface area contributed by atoms with Crippen LogP contribution >= 0.6 is 0 Å². The summed E-state index contributed by atoms with van der Waals surface area (Å²) in [7, 11) is 1.31. The summed E-state index contributed by atoms with van der Waals surface area (Å²) >= 11 is 0. The van der Waals surface area contributed by atoms with Gasteiger partial charge in [0, 0.05) is 64.4 Å². The van der Waals surface area contributed by atoms with E-state index < -0.39 is 53.6 Å². The van der Waals surface area contributed by atoms with Crippen LogP contribution in [0.4, 0.5) is 30.7 Å². The Morgan fingerprint density at radius 3 is 1.95 bits per heavy atom. The first-order valence-electron chi connectivity index (χ1n) is 14.3. The number of amides is 3. The summed E-state index contributed by atoms with van der Waals surface area (Å²) in [5.74, 6) is -2.83. The van der Waals surface area contributed by atoms with E-state index in [1.54, 1.807) is 16.7 Å². The maximum Gasteiger partial charge on any atom is 0.416 e. The second-order valence-electron chi connectivity index (χ2n) is 11.7. The highest BCUT2D eigenvalue weighted by molar-refractivity contribution is 5.82. The van der Waals surface area contributed by atoms with E-state index in [0.29, 0.717) is 49.2 Å². The Kier molecular flexibility index (Phi) is 9.65. The minimum Gasteiger partial charge on any atom is -0.343 e. The Hall–Kier alpha value is -3.64. The molecule has 0 aromatic heterocycles. The molecule has 240 valence electrons. The van der Waals surface area contributed by atoms with Gasteiger partial charge in [0.15, 0.2) is 0 Å². The second-order valence-corrected chi connectivity index (χ2v) is 11.7. The smallest absolute Gasteiger partial charge is 0.343 e. The molecule has 6 nitrogen and oxygen atoms in total. The lowest BCUT2D eigenvalue weighted by molar-refractivity contribution is -0.145. The lowest BCUT2D eigenvalue weighted by atomic mass is 9.77. The minimum atomic E-state index is -5.02. The molecule has 2 aromatic rings. The quantitative estimate of drug-likeness (QED) is 0.380. The average Bonchev–Trinajstić information content (AvgIpc) is 2.95. The Bertz CT molecular complexity index is 1370. The van der Waals surface area contributed by atoms with E-state index in [2.05, 4.69) is 0 Å². The van der Waals surface area contributed by atoms with Crippen LogP contribution in [0.3, 0.4) is 0 Å². The number of carbonyl (C=O) groups excluding carboxylic acids is 3. The van der Waals surface area contributed by atoms with Gasteiger partial charge in [-0.25, -0.2) is 4.39 Å². The summed E-state index contributed by atoms with van der Waals surface area (Å²) in [4.78, 5) is 43.4. The lowest BCUT2D eigenvalue weighted by Gasteiger charge is -2.42. The van der Waals surface area contributed by atoms with Gasteiger partial charge in [-0.3, -0.25) is 14.4 Å². The van der Waals surface area contributed by atoms with Crippen molar-refractivity contribution < 1.29 is 45.1 Å². The van der Waals surface area contributed by atoms with Gasteiger partial charge in [-0.15, -0.1) is 0 Å². The van der Waals surface area contributed by atoms with Crippen LogP contribution in [0.2, 0.25) is 0 Å². The molecule has 0 bridgehead atoms. The van der Waals surface area contributed by atoms with E-state index in [1.807, 2.05) is 0 Å². The van der Waals surface area contributed by atoms with Crippen LogP contribution in [-0.2, 0) is 33.3 Å². The molecule has 0 spiro atoms. The molecular weight excluding hydrogens is 595 g/mol. The summed E-state index contributed by atoms with van der Waals surface area (Å²) in [6.07, 6.45) is -8.86. The van der Waals surface area contributed by atoms with E-state index in [4.69, 9.17) is 0 Å². The zero-order valence-electron chi connectivity index (χ0n) is 24.6. The summed E-state index contributed by atoms with van der Waals surface area (Å²) in [6.45, 7) is 3.89. The van der Waals surface area contributed by atoms with Crippen molar-refractivity contribution in [2.24, 2.45) is 11.8 Å². The van der Waals surface area contributed by atoms with Crippen LogP contribution in [0.1, 0.15) is 59.9 Å². The third kappa shape index (κ3) is 7.52. The van der Waals surface area contributed by atoms with Gasteiger partial charge in [-0.2, -0.15) is 26.3 Å². The summed E-state index contributed by atoms with van der Waals surface area (Å²) < 4.78 is 94.4. The molecule has 2 fully saturated rings. The number of alkyl halides is 6. The SMILES string of the molecule is CC(=O)N1CCC(C(=O)N2CC[C@H](C(=O)N(C)Cc3cc(C(F)(F)F)cc(C(F)(F)F)c3)[C@@H](c3ccc(F)cc3C)C2)CC1. The van der Waals surface area contributed by atoms with Crippen molar-refractivity contribution in [3.05, 3.63) is 70.0 Å². The lowest BCUT2D eigenvalue weighted by Crippen LogP contribution is -2.50. The zero-order valence-corrected chi connectivity index (χ0v) is 24.6. The molecule has 2 heterocycles. The number of halogens is 7. The Morgan fingerprint density at radius 1 is 0.864 bits per heavy atom. The van der Waals surface area contributed by atoms with E-state index >= 15 is 0 Å². The number of likely N-dealkylation sites (tertiary alicyclic amines) is 2. The number of hydrogen-bond donors (Lipinski definition) is 0. The molecule has 13 heteroatoms. The van der Waals surface area contributed by atoms with E-state index in [-0.39, 0.29) is 48.9 Å². The number of nitrogens with zero attached hydrogens (tertiary/aromatic N) is 3. The van der Waals surface area contributed by atoms with Crippen molar-refractivity contribution in [3.8, 4) is 0 Å². The van der Waals surface area contributed by atoms with E-state index in [0.717, 1.165) is 4.90 Å². The molecule has 0 radical (unpaired) electrons. The van der Waals surface area contributed by atoms with Gasteiger partial charge < -0.3 is 14.7 Å². The normalized spacial score (nSPS) is 20.0.